The Labute approximate surface area is 101 Å². The minimum absolute atomic E-state index is 0.102. The maximum absolute atomic E-state index is 11.7. The number of carbonyl (C=O) groups excluding carboxylic acids is 1. The van der Waals surface area contributed by atoms with Crippen LogP contribution in [0.2, 0.25) is 5.15 Å². The van der Waals surface area contributed by atoms with Crippen LogP contribution >= 0.6 is 11.6 Å². The number of hydrogen-bond donors (Lipinski definition) is 2. The fraction of sp³-hybridized carbons (Fsp3) is 0. The summed E-state index contributed by atoms with van der Waals surface area (Å²) in [5.74, 6) is -0.256. The predicted molar refractivity (Wildman–Crippen MR) is 62.1 cm³/mol. The molecule has 2 rings (SSSR count). The number of H-pyrrole nitrogens is 1. The second-order valence-corrected chi connectivity index (χ2v) is 3.45. The third-order valence-electron chi connectivity index (χ3n) is 1.93. The van der Waals surface area contributed by atoms with Crippen LogP contribution in [0.1, 0.15) is 10.4 Å². The fourth-order valence-corrected chi connectivity index (χ4v) is 1.29. The lowest BCUT2D eigenvalue weighted by Crippen LogP contribution is -2.15. The van der Waals surface area contributed by atoms with Gasteiger partial charge in [0.1, 0.15) is 0 Å². The van der Waals surface area contributed by atoms with Crippen molar-refractivity contribution in [2.24, 2.45) is 0 Å². The van der Waals surface area contributed by atoms with Crippen LogP contribution in [0.5, 0.6) is 0 Å². The number of pyridine rings is 1. The van der Waals surface area contributed by atoms with Crippen LogP contribution in [0.3, 0.4) is 0 Å². The van der Waals surface area contributed by atoms with E-state index in [4.69, 9.17) is 11.6 Å². The van der Waals surface area contributed by atoms with Gasteiger partial charge in [0, 0.05) is 24.7 Å². The molecule has 0 spiro atoms. The molecule has 0 bridgehead atoms. The molecular weight excluding hydrogens is 244 g/mol. The highest BCUT2D eigenvalue weighted by Crippen LogP contribution is 2.14. The summed E-state index contributed by atoms with van der Waals surface area (Å²) in [6.45, 7) is 0. The number of anilines is 1. The van der Waals surface area contributed by atoms with Crippen molar-refractivity contribution in [2.75, 3.05) is 5.32 Å². The van der Waals surface area contributed by atoms with Gasteiger partial charge in [0.2, 0.25) is 5.56 Å². The molecule has 0 saturated carbocycles. The van der Waals surface area contributed by atoms with Crippen LogP contribution in [-0.4, -0.2) is 20.9 Å². The molecule has 2 aromatic rings. The quantitative estimate of drug-likeness (QED) is 0.835. The van der Waals surface area contributed by atoms with E-state index < -0.39 is 5.91 Å². The number of nitrogens with zero attached hydrogens (tertiary/aromatic N) is 2. The Hall–Kier alpha value is -2.21. The van der Waals surface area contributed by atoms with E-state index in [1.807, 2.05) is 0 Å². The summed E-state index contributed by atoms with van der Waals surface area (Å²) in [6.07, 6.45) is 4.13. The third kappa shape index (κ3) is 2.67. The van der Waals surface area contributed by atoms with Gasteiger partial charge in [-0.05, 0) is 6.07 Å². The van der Waals surface area contributed by atoms with E-state index >= 15 is 0 Å². The van der Waals surface area contributed by atoms with Gasteiger partial charge >= 0.3 is 0 Å². The first kappa shape index (κ1) is 11.3. The molecule has 0 saturated heterocycles. The van der Waals surface area contributed by atoms with Crippen LogP contribution < -0.4 is 10.9 Å². The van der Waals surface area contributed by atoms with E-state index in [-0.39, 0.29) is 16.5 Å². The van der Waals surface area contributed by atoms with Gasteiger partial charge in [-0.15, -0.1) is 0 Å². The van der Waals surface area contributed by atoms with Crippen molar-refractivity contribution in [3.63, 3.8) is 0 Å². The minimum Gasteiger partial charge on any atom is -0.328 e. The van der Waals surface area contributed by atoms with E-state index in [1.54, 1.807) is 0 Å². The van der Waals surface area contributed by atoms with Gasteiger partial charge in [-0.1, -0.05) is 11.6 Å². The molecular formula is C10H7ClN4O2. The normalized spacial score (nSPS) is 9.94. The van der Waals surface area contributed by atoms with Gasteiger partial charge in [-0.3, -0.25) is 9.59 Å². The van der Waals surface area contributed by atoms with Gasteiger partial charge < -0.3 is 10.3 Å². The molecule has 0 fully saturated rings. The summed E-state index contributed by atoms with van der Waals surface area (Å²) in [5, 5.41) is 2.58. The topological polar surface area (TPSA) is 87.7 Å². The third-order valence-corrected chi connectivity index (χ3v) is 2.21. The van der Waals surface area contributed by atoms with E-state index in [1.165, 1.54) is 30.7 Å². The molecule has 2 heterocycles. The largest absolute Gasteiger partial charge is 0.328 e. The number of aromatic amines is 1. The maximum Gasteiger partial charge on any atom is 0.258 e. The molecule has 0 unspecified atom stereocenters. The Bertz CT molecular complexity index is 591. The number of carbonyl (C=O) groups is 1. The van der Waals surface area contributed by atoms with Crippen LogP contribution in [-0.2, 0) is 0 Å². The summed E-state index contributed by atoms with van der Waals surface area (Å²) in [7, 11) is 0. The summed E-state index contributed by atoms with van der Waals surface area (Å²) in [4.78, 5) is 32.6. The average molecular weight is 251 g/mol. The summed E-state index contributed by atoms with van der Waals surface area (Å²) >= 11 is 5.73. The number of nitrogens with one attached hydrogen (secondary N) is 2. The van der Waals surface area contributed by atoms with Crippen molar-refractivity contribution in [1.29, 1.82) is 0 Å². The summed E-state index contributed by atoms with van der Waals surface area (Å²) in [5.41, 5.74) is 0.0189. The first-order valence-corrected chi connectivity index (χ1v) is 5.01. The Morgan fingerprint density at radius 1 is 1.29 bits per heavy atom. The summed E-state index contributed by atoms with van der Waals surface area (Å²) < 4.78 is 0. The van der Waals surface area contributed by atoms with Crippen molar-refractivity contribution >= 4 is 23.3 Å². The number of aromatic nitrogens is 3. The molecule has 6 nitrogen and oxygen atoms in total. The lowest BCUT2D eigenvalue weighted by Gasteiger charge is -2.04. The zero-order chi connectivity index (χ0) is 12.3. The number of rotatable bonds is 2. The Kier molecular flexibility index (Phi) is 3.15. The number of hydrogen-bond acceptors (Lipinski definition) is 4. The first-order chi connectivity index (χ1) is 8.16. The molecule has 0 radical (unpaired) electrons. The molecule has 0 aliphatic rings. The van der Waals surface area contributed by atoms with E-state index in [2.05, 4.69) is 20.3 Å². The van der Waals surface area contributed by atoms with Crippen molar-refractivity contribution in [3.05, 3.63) is 51.8 Å². The number of halogens is 1. The van der Waals surface area contributed by atoms with Crippen molar-refractivity contribution in [3.8, 4) is 0 Å². The molecule has 0 aromatic carbocycles. The lowest BCUT2D eigenvalue weighted by atomic mass is 10.3. The van der Waals surface area contributed by atoms with Crippen LogP contribution in [0.4, 0.5) is 5.82 Å². The van der Waals surface area contributed by atoms with Crippen molar-refractivity contribution in [1.82, 2.24) is 15.0 Å². The SMILES string of the molecule is O=C(Nc1nccnc1Cl)c1ccc(=O)[nH]c1. The first-order valence-electron chi connectivity index (χ1n) is 4.63. The Balaban J connectivity index is 2.20. The molecule has 0 aliphatic heterocycles. The molecule has 17 heavy (non-hydrogen) atoms. The molecule has 2 aromatic heterocycles. The van der Waals surface area contributed by atoms with Gasteiger partial charge in [-0.25, -0.2) is 9.97 Å². The second kappa shape index (κ2) is 4.75. The fourth-order valence-electron chi connectivity index (χ4n) is 1.14. The molecule has 7 heteroatoms. The molecule has 0 atom stereocenters. The predicted octanol–water partition coefficient (Wildman–Crippen LogP) is 1.07. The van der Waals surface area contributed by atoms with Crippen molar-refractivity contribution < 1.29 is 4.79 Å². The second-order valence-electron chi connectivity index (χ2n) is 3.09. The average Bonchev–Trinajstić information content (AvgIpc) is 2.33. The van der Waals surface area contributed by atoms with Gasteiger partial charge in [0.25, 0.3) is 5.91 Å². The van der Waals surface area contributed by atoms with E-state index in [0.717, 1.165) is 0 Å². The lowest BCUT2D eigenvalue weighted by molar-refractivity contribution is 0.102. The molecule has 1 amide bonds. The van der Waals surface area contributed by atoms with E-state index in [9.17, 15) is 9.59 Å². The maximum atomic E-state index is 11.7. The van der Waals surface area contributed by atoms with Gasteiger partial charge in [-0.2, -0.15) is 0 Å². The monoisotopic (exact) mass is 250 g/mol. The molecule has 86 valence electrons. The zero-order valence-electron chi connectivity index (χ0n) is 8.48. The van der Waals surface area contributed by atoms with Crippen LogP contribution in [0.15, 0.2) is 35.5 Å². The van der Waals surface area contributed by atoms with Gasteiger partial charge in [0.05, 0.1) is 5.56 Å². The van der Waals surface area contributed by atoms with Crippen LogP contribution in [0, 0.1) is 0 Å². The zero-order valence-corrected chi connectivity index (χ0v) is 9.23. The smallest absolute Gasteiger partial charge is 0.258 e. The number of amides is 1. The summed E-state index contributed by atoms with van der Waals surface area (Å²) in [6, 6.07) is 2.66. The molecule has 0 aliphatic carbocycles. The molecule has 2 N–H and O–H groups in total. The minimum atomic E-state index is -0.427. The Morgan fingerprint density at radius 2 is 2.06 bits per heavy atom. The van der Waals surface area contributed by atoms with Gasteiger partial charge in [0.15, 0.2) is 11.0 Å². The Morgan fingerprint density at radius 3 is 2.71 bits per heavy atom. The highest BCUT2D eigenvalue weighted by atomic mass is 35.5. The van der Waals surface area contributed by atoms with Crippen molar-refractivity contribution in [2.45, 2.75) is 0 Å². The highest BCUT2D eigenvalue weighted by Gasteiger charge is 2.09. The van der Waals surface area contributed by atoms with E-state index in [0.29, 0.717) is 5.56 Å². The van der Waals surface area contributed by atoms with Crippen LogP contribution in [0.25, 0.3) is 0 Å². The standard InChI is InChI=1S/C10H7ClN4O2/c11-8-9(13-4-3-12-8)15-10(17)6-1-2-7(16)14-5-6/h1-5H,(H,14,16)(H,13,15,17). The highest BCUT2D eigenvalue weighted by molar-refractivity contribution is 6.32.